The third-order valence-electron chi connectivity index (χ3n) is 3.49. The fourth-order valence-corrected chi connectivity index (χ4v) is 2.51. The monoisotopic (exact) mass is 312 g/mol. The van der Waals surface area contributed by atoms with Crippen molar-refractivity contribution >= 4 is 23.4 Å². The van der Waals surface area contributed by atoms with E-state index in [1.165, 1.54) is 21.3 Å². The van der Waals surface area contributed by atoms with Gasteiger partial charge in [0.1, 0.15) is 0 Å². The van der Waals surface area contributed by atoms with Crippen LogP contribution in [-0.2, 0) is 16.1 Å². The fourth-order valence-electron chi connectivity index (χ4n) is 2.21. The van der Waals surface area contributed by atoms with Crippen molar-refractivity contribution in [2.75, 3.05) is 21.3 Å². The van der Waals surface area contributed by atoms with Crippen LogP contribution in [0.5, 0.6) is 11.5 Å². The van der Waals surface area contributed by atoms with Gasteiger partial charge in [-0.3, -0.25) is 14.5 Å². The normalized spacial score (nSPS) is 18.3. The van der Waals surface area contributed by atoms with Crippen molar-refractivity contribution in [2.24, 2.45) is 0 Å². The molecule has 7 heteroatoms. The van der Waals surface area contributed by atoms with Gasteiger partial charge >= 0.3 is 0 Å². The number of likely N-dealkylation sites (N-methyl/N-ethyl adjacent to an activating group) is 1. The van der Waals surface area contributed by atoms with Crippen molar-refractivity contribution in [3.8, 4) is 11.5 Å². The molecule has 0 spiro atoms. The number of benzene rings is 1. The molecule has 21 heavy (non-hydrogen) atoms. The van der Waals surface area contributed by atoms with Crippen molar-refractivity contribution in [2.45, 2.75) is 19.0 Å². The standard InChI is InChI=1S/C14H17ClN2O4/c1-17-11(18)6-9(14(17)19)16-7-8-4-5-10(20-2)13(21-3)12(8)15/h4-5,9,16H,6-7H2,1-3H3. The number of methoxy groups -OCH3 is 2. The maximum Gasteiger partial charge on any atom is 0.246 e. The Morgan fingerprint density at radius 3 is 2.57 bits per heavy atom. The van der Waals surface area contributed by atoms with E-state index >= 15 is 0 Å². The number of likely N-dealkylation sites (tertiary alicyclic amines) is 1. The minimum atomic E-state index is -0.508. The summed E-state index contributed by atoms with van der Waals surface area (Å²) < 4.78 is 10.4. The van der Waals surface area contributed by atoms with Crippen molar-refractivity contribution in [1.29, 1.82) is 0 Å². The molecule has 0 aliphatic carbocycles. The molecule has 1 aromatic carbocycles. The summed E-state index contributed by atoms with van der Waals surface area (Å²) in [6, 6.07) is 3.03. The average Bonchev–Trinajstić information content (AvgIpc) is 2.73. The van der Waals surface area contributed by atoms with Crippen LogP contribution < -0.4 is 14.8 Å². The number of rotatable bonds is 5. The molecule has 0 bridgehead atoms. The molecule has 1 saturated heterocycles. The van der Waals surface area contributed by atoms with Gasteiger partial charge in [-0.15, -0.1) is 0 Å². The number of carbonyl (C=O) groups excluding carboxylic acids is 2. The highest BCUT2D eigenvalue weighted by atomic mass is 35.5. The van der Waals surface area contributed by atoms with Gasteiger partial charge in [0.05, 0.1) is 31.7 Å². The Morgan fingerprint density at radius 2 is 2.05 bits per heavy atom. The lowest BCUT2D eigenvalue weighted by molar-refractivity contribution is -0.137. The molecule has 1 N–H and O–H groups in total. The van der Waals surface area contributed by atoms with Gasteiger partial charge in [-0.05, 0) is 11.6 Å². The molecule has 1 aliphatic heterocycles. The van der Waals surface area contributed by atoms with E-state index in [-0.39, 0.29) is 18.2 Å². The number of hydrogen-bond acceptors (Lipinski definition) is 5. The van der Waals surface area contributed by atoms with Gasteiger partial charge in [-0.1, -0.05) is 17.7 Å². The Bertz CT molecular complexity index is 576. The van der Waals surface area contributed by atoms with Crippen LogP contribution in [0.15, 0.2) is 12.1 Å². The maximum atomic E-state index is 11.8. The summed E-state index contributed by atoms with van der Waals surface area (Å²) in [6.45, 7) is 0.358. The van der Waals surface area contributed by atoms with Crippen molar-refractivity contribution < 1.29 is 19.1 Å². The number of ether oxygens (including phenoxy) is 2. The summed E-state index contributed by atoms with van der Waals surface area (Å²) in [7, 11) is 4.52. The van der Waals surface area contributed by atoms with Gasteiger partial charge in [0.15, 0.2) is 11.5 Å². The molecule has 0 aromatic heterocycles. The Labute approximate surface area is 128 Å². The number of halogens is 1. The summed E-state index contributed by atoms with van der Waals surface area (Å²) in [5.74, 6) is 0.579. The van der Waals surface area contributed by atoms with Crippen LogP contribution in [0.3, 0.4) is 0 Å². The van der Waals surface area contributed by atoms with Gasteiger partial charge in [0, 0.05) is 13.6 Å². The van der Waals surface area contributed by atoms with E-state index < -0.39 is 6.04 Å². The Balaban J connectivity index is 2.11. The SMILES string of the molecule is COc1ccc(CNC2CC(=O)N(C)C2=O)c(Cl)c1OC. The maximum absolute atomic E-state index is 11.8. The topological polar surface area (TPSA) is 67.9 Å². The molecule has 2 amide bonds. The van der Waals surface area contributed by atoms with Gasteiger partial charge in [0.25, 0.3) is 0 Å². The van der Waals surface area contributed by atoms with Gasteiger partial charge in [-0.2, -0.15) is 0 Å². The molecule has 1 heterocycles. The lowest BCUT2D eigenvalue weighted by Gasteiger charge is -2.15. The molecule has 114 valence electrons. The Hall–Kier alpha value is -1.79. The molecule has 0 saturated carbocycles. The minimum Gasteiger partial charge on any atom is -0.493 e. The van der Waals surface area contributed by atoms with Crippen molar-refractivity contribution in [1.82, 2.24) is 10.2 Å². The van der Waals surface area contributed by atoms with E-state index in [4.69, 9.17) is 21.1 Å². The molecule has 0 radical (unpaired) electrons. The predicted molar refractivity (Wildman–Crippen MR) is 77.6 cm³/mol. The van der Waals surface area contributed by atoms with Gasteiger partial charge < -0.3 is 14.8 Å². The van der Waals surface area contributed by atoms with Crippen LogP contribution in [0.4, 0.5) is 0 Å². The molecule has 1 fully saturated rings. The molecule has 1 aromatic rings. The van der Waals surface area contributed by atoms with E-state index in [1.54, 1.807) is 12.1 Å². The van der Waals surface area contributed by atoms with Crippen molar-refractivity contribution in [3.63, 3.8) is 0 Å². The van der Waals surface area contributed by atoms with Crippen LogP contribution in [0.2, 0.25) is 5.02 Å². The zero-order chi connectivity index (χ0) is 15.6. The quantitative estimate of drug-likeness (QED) is 0.828. The summed E-state index contributed by atoms with van der Waals surface area (Å²) in [5, 5.41) is 3.47. The van der Waals surface area contributed by atoms with Crippen LogP contribution in [0.25, 0.3) is 0 Å². The number of amides is 2. The molecular formula is C14H17ClN2O4. The van der Waals surface area contributed by atoms with Gasteiger partial charge in [-0.25, -0.2) is 0 Å². The van der Waals surface area contributed by atoms with Crippen molar-refractivity contribution in [3.05, 3.63) is 22.7 Å². The van der Waals surface area contributed by atoms with Crippen LogP contribution >= 0.6 is 11.6 Å². The number of imide groups is 1. The van der Waals surface area contributed by atoms with Gasteiger partial charge in [0.2, 0.25) is 11.8 Å². The number of nitrogens with one attached hydrogen (secondary N) is 1. The molecule has 2 rings (SSSR count). The number of hydrogen-bond donors (Lipinski definition) is 1. The summed E-state index contributed by atoms with van der Waals surface area (Å²) in [4.78, 5) is 24.4. The first kappa shape index (κ1) is 15.6. The van der Waals surface area contributed by atoms with Crippen LogP contribution in [0, 0.1) is 0 Å². The predicted octanol–water partition coefficient (Wildman–Crippen LogP) is 1.20. The van der Waals surface area contributed by atoms with E-state index in [2.05, 4.69) is 5.32 Å². The lowest BCUT2D eigenvalue weighted by atomic mass is 10.1. The molecular weight excluding hydrogens is 296 g/mol. The van der Waals surface area contributed by atoms with Crippen LogP contribution in [-0.4, -0.2) is 44.0 Å². The first-order valence-corrected chi connectivity index (χ1v) is 6.80. The number of carbonyl (C=O) groups is 2. The molecule has 1 atom stereocenters. The highest BCUT2D eigenvalue weighted by Crippen LogP contribution is 2.37. The zero-order valence-electron chi connectivity index (χ0n) is 12.1. The summed E-state index contributed by atoms with van der Waals surface area (Å²) >= 11 is 6.26. The Kier molecular flexibility index (Phi) is 4.69. The summed E-state index contributed by atoms with van der Waals surface area (Å²) in [5.41, 5.74) is 0.768. The fraction of sp³-hybridized carbons (Fsp3) is 0.429. The molecule has 1 aliphatic rings. The third kappa shape index (κ3) is 2.96. The molecule has 6 nitrogen and oxygen atoms in total. The average molecular weight is 313 g/mol. The number of nitrogens with zero attached hydrogens (tertiary/aromatic N) is 1. The highest BCUT2D eigenvalue weighted by Gasteiger charge is 2.35. The first-order valence-electron chi connectivity index (χ1n) is 6.42. The summed E-state index contributed by atoms with van der Waals surface area (Å²) in [6.07, 6.45) is 0.167. The zero-order valence-corrected chi connectivity index (χ0v) is 12.9. The second-order valence-electron chi connectivity index (χ2n) is 4.70. The largest absolute Gasteiger partial charge is 0.493 e. The van der Waals surface area contributed by atoms with E-state index in [1.807, 2.05) is 0 Å². The minimum absolute atomic E-state index is 0.167. The van der Waals surface area contributed by atoms with E-state index in [9.17, 15) is 9.59 Å². The van der Waals surface area contributed by atoms with E-state index in [0.29, 0.717) is 23.1 Å². The second-order valence-corrected chi connectivity index (χ2v) is 5.08. The third-order valence-corrected chi connectivity index (χ3v) is 3.90. The first-order chi connectivity index (χ1) is 9.99. The Morgan fingerprint density at radius 1 is 1.33 bits per heavy atom. The smallest absolute Gasteiger partial charge is 0.246 e. The van der Waals surface area contributed by atoms with E-state index in [0.717, 1.165) is 10.5 Å². The second kappa shape index (κ2) is 6.32. The highest BCUT2D eigenvalue weighted by molar-refractivity contribution is 6.33. The van der Waals surface area contributed by atoms with Crippen LogP contribution in [0.1, 0.15) is 12.0 Å². The lowest BCUT2D eigenvalue weighted by Crippen LogP contribution is -2.36. The molecule has 1 unspecified atom stereocenters.